The fourth-order valence-electron chi connectivity index (χ4n) is 3.58. The van der Waals surface area contributed by atoms with Gasteiger partial charge < -0.3 is 4.74 Å². The number of fused-ring (bicyclic) bond motifs is 1. The zero-order chi connectivity index (χ0) is 18.1. The van der Waals surface area contributed by atoms with E-state index in [1.165, 1.54) is 12.8 Å². The third-order valence-electron chi connectivity index (χ3n) is 4.92. The van der Waals surface area contributed by atoms with Crippen molar-refractivity contribution < 1.29 is 4.74 Å². The minimum absolute atomic E-state index is 0.810. The molecule has 1 aliphatic rings. The Bertz CT molecular complexity index is 1050. The van der Waals surface area contributed by atoms with Crippen LogP contribution in [0.15, 0.2) is 73.1 Å². The fraction of sp³-hybridized carbons (Fsp3) is 0.182. The summed E-state index contributed by atoms with van der Waals surface area (Å²) in [4.78, 5) is 6.69. The van der Waals surface area contributed by atoms with Gasteiger partial charge in [-0.3, -0.25) is 9.99 Å². The first-order valence-corrected chi connectivity index (χ1v) is 9.30. The Morgan fingerprint density at radius 3 is 2.33 bits per heavy atom. The van der Waals surface area contributed by atoms with Crippen molar-refractivity contribution in [3.05, 3.63) is 73.1 Å². The predicted molar refractivity (Wildman–Crippen MR) is 107 cm³/mol. The summed E-state index contributed by atoms with van der Waals surface area (Å²) < 4.78 is 5.90. The zero-order valence-electron chi connectivity index (χ0n) is 15.0. The first-order valence-electron chi connectivity index (χ1n) is 9.30. The van der Waals surface area contributed by atoms with Gasteiger partial charge in [0.15, 0.2) is 0 Å². The lowest BCUT2D eigenvalue weighted by molar-refractivity contribution is 0.483. The van der Waals surface area contributed by atoms with Gasteiger partial charge >= 0.3 is 0 Å². The molecule has 2 aromatic carbocycles. The SMILES string of the molecule is c1ccc(Oc2ccc(-c3nccc4cnn(N5CCCC5)c34)cc2)cc1. The van der Waals surface area contributed by atoms with Gasteiger partial charge in [-0.1, -0.05) is 18.2 Å². The maximum atomic E-state index is 5.90. The highest BCUT2D eigenvalue weighted by Crippen LogP contribution is 2.29. The van der Waals surface area contributed by atoms with Crippen LogP contribution in [0.4, 0.5) is 0 Å². The summed E-state index contributed by atoms with van der Waals surface area (Å²) in [6, 6.07) is 19.9. The number of aromatic nitrogens is 3. The molecule has 0 spiro atoms. The fourth-order valence-corrected chi connectivity index (χ4v) is 3.58. The van der Waals surface area contributed by atoms with Crippen molar-refractivity contribution in [2.45, 2.75) is 12.8 Å². The molecule has 5 rings (SSSR count). The molecule has 0 N–H and O–H groups in total. The first-order chi connectivity index (χ1) is 13.4. The molecule has 1 saturated heterocycles. The second-order valence-corrected chi connectivity index (χ2v) is 6.73. The summed E-state index contributed by atoms with van der Waals surface area (Å²) in [6.07, 6.45) is 6.19. The minimum atomic E-state index is 0.810. The third-order valence-corrected chi connectivity index (χ3v) is 4.92. The maximum Gasteiger partial charge on any atom is 0.127 e. The van der Waals surface area contributed by atoms with Gasteiger partial charge in [-0.15, -0.1) is 0 Å². The molecule has 0 amide bonds. The first kappa shape index (κ1) is 15.9. The molecule has 1 aliphatic heterocycles. The van der Waals surface area contributed by atoms with E-state index in [-0.39, 0.29) is 0 Å². The monoisotopic (exact) mass is 356 g/mol. The van der Waals surface area contributed by atoms with Gasteiger partial charge in [-0.25, -0.2) is 0 Å². The number of pyridine rings is 1. The van der Waals surface area contributed by atoms with E-state index in [1.54, 1.807) is 0 Å². The molecular weight excluding hydrogens is 336 g/mol. The molecular formula is C22H20N4O. The van der Waals surface area contributed by atoms with Gasteiger partial charge in [-0.2, -0.15) is 9.89 Å². The highest BCUT2D eigenvalue weighted by atomic mass is 16.5. The van der Waals surface area contributed by atoms with Gasteiger partial charge in [-0.05, 0) is 55.3 Å². The molecule has 2 aromatic heterocycles. The van der Waals surface area contributed by atoms with Crippen molar-refractivity contribution in [2.75, 3.05) is 18.1 Å². The smallest absolute Gasteiger partial charge is 0.127 e. The number of rotatable bonds is 4. The second kappa shape index (κ2) is 6.76. The molecule has 5 heteroatoms. The van der Waals surface area contributed by atoms with E-state index >= 15 is 0 Å². The van der Waals surface area contributed by atoms with Crippen molar-refractivity contribution in [1.29, 1.82) is 0 Å². The van der Waals surface area contributed by atoms with Gasteiger partial charge in [0.1, 0.15) is 17.0 Å². The van der Waals surface area contributed by atoms with Crippen LogP contribution in [0, 0.1) is 0 Å². The second-order valence-electron chi connectivity index (χ2n) is 6.73. The van der Waals surface area contributed by atoms with E-state index in [0.29, 0.717) is 0 Å². The summed E-state index contributed by atoms with van der Waals surface area (Å²) in [5.41, 5.74) is 3.07. The van der Waals surface area contributed by atoms with Crippen LogP contribution in [0.5, 0.6) is 11.5 Å². The Balaban J connectivity index is 1.50. The zero-order valence-corrected chi connectivity index (χ0v) is 15.0. The van der Waals surface area contributed by atoms with E-state index in [2.05, 4.69) is 27.2 Å². The lowest BCUT2D eigenvalue weighted by atomic mass is 10.1. The molecule has 0 saturated carbocycles. The largest absolute Gasteiger partial charge is 0.457 e. The van der Waals surface area contributed by atoms with Crippen molar-refractivity contribution in [3.8, 4) is 22.8 Å². The van der Waals surface area contributed by atoms with Crippen molar-refractivity contribution in [3.63, 3.8) is 0 Å². The van der Waals surface area contributed by atoms with Gasteiger partial charge in [0.25, 0.3) is 0 Å². The number of hydrogen-bond donors (Lipinski definition) is 0. The number of benzene rings is 2. The summed E-state index contributed by atoms with van der Waals surface area (Å²) in [5, 5.41) is 8.01. The van der Waals surface area contributed by atoms with E-state index < -0.39 is 0 Å². The van der Waals surface area contributed by atoms with Crippen LogP contribution >= 0.6 is 0 Å². The Morgan fingerprint density at radius 1 is 0.815 bits per heavy atom. The molecule has 0 aliphatic carbocycles. The highest BCUT2D eigenvalue weighted by molar-refractivity contribution is 5.91. The van der Waals surface area contributed by atoms with Crippen LogP contribution in [-0.2, 0) is 0 Å². The number of ether oxygens (including phenoxy) is 1. The quantitative estimate of drug-likeness (QED) is 0.535. The summed E-state index contributed by atoms with van der Waals surface area (Å²) >= 11 is 0. The molecule has 5 nitrogen and oxygen atoms in total. The lowest BCUT2D eigenvalue weighted by Gasteiger charge is -2.19. The topological polar surface area (TPSA) is 43.2 Å². The molecule has 0 unspecified atom stereocenters. The molecule has 0 bridgehead atoms. The van der Waals surface area contributed by atoms with Crippen LogP contribution in [0.25, 0.3) is 22.2 Å². The molecule has 0 atom stereocenters. The molecule has 4 aromatic rings. The number of para-hydroxylation sites is 1. The van der Waals surface area contributed by atoms with Gasteiger partial charge in [0.2, 0.25) is 0 Å². The Kier molecular flexibility index (Phi) is 3.98. The van der Waals surface area contributed by atoms with Crippen LogP contribution < -0.4 is 9.75 Å². The van der Waals surface area contributed by atoms with E-state index in [4.69, 9.17) is 4.74 Å². The lowest BCUT2D eigenvalue weighted by Crippen LogP contribution is -2.32. The average Bonchev–Trinajstić information content (AvgIpc) is 3.39. The molecule has 134 valence electrons. The predicted octanol–water partition coefficient (Wildman–Crippen LogP) is 4.62. The summed E-state index contributed by atoms with van der Waals surface area (Å²) in [6.45, 7) is 2.07. The minimum Gasteiger partial charge on any atom is -0.457 e. The third kappa shape index (κ3) is 3.01. The molecule has 0 radical (unpaired) electrons. The van der Waals surface area contributed by atoms with Crippen molar-refractivity contribution in [2.24, 2.45) is 0 Å². The van der Waals surface area contributed by atoms with Crippen LogP contribution in [0.3, 0.4) is 0 Å². The Labute approximate surface area is 157 Å². The molecule has 3 heterocycles. The average molecular weight is 356 g/mol. The molecule has 1 fully saturated rings. The maximum absolute atomic E-state index is 5.90. The number of nitrogens with zero attached hydrogens (tertiary/aromatic N) is 4. The van der Waals surface area contributed by atoms with Crippen LogP contribution in [0.2, 0.25) is 0 Å². The van der Waals surface area contributed by atoms with Gasteiger partial charge in [0.05, 0.1) is 11.9 Å². The standard InChI is InChI=1S/C22H20N4O/c1-2-6-19(7-3-1)27-20-10-8-17(9-11-20)21-22-18(12-13-23-21)16-24-26(22)25-14-4-5-15-25/h1-3,6-13,16H,4-5,14-15H2. The van der Waals surface area contributed by atoms with Crippen molar-refractivity contribution in [1.82, 2.24) is 14.9 Å². The van der Waals surface area contributed by atoms with E-state index in [9.17, 15) is 0 Å². The summed E-state index contributed by atoms with van der Waals surface area (Å²) in [5.74, 6) is 1.64. The van der Waals surface area contributed by atoms with E-state index in [1.807, 2.05) is 65.7 Å². The van der Waals surface area contributed by atoms with E-state index in [0.717, 1.165) is 46.7 Å². The van der Waals surface area contributed by atoms with Gasteiger partial charge in [0, 0.05) is 30.2 Å². The molecule has 27 heavy (non-hydrogen) atoms. The normalized spacial score (nSPS) is 14.0. The highest BCUT2D eigenvalue weighted by Gasteiger charge is 2.18. The summed E-state index contributed by atoms with van der Waals surface area (Å²) in [7, 11) is 0. The Morgan fingerprint density at radius 2 is 1.56 bits per heavy atom. The van der Waals surface area contributed by atoms with Crippen molar-refractivity contribution >= 4 is 10.9 Å². The van der Waals surface area contributed by atoms with Crippen LogP contribution in [-0.4, -0.2) is 28.0 Å². The Hall–Kier alpha value is -3.34. The number of hydrogen-bond acceptors (Lipinski definition) is 4. The van der Waals surface area contributed by atoms with Crippen LogP contribution in [0.1, 0.15) is 12.8 Å².